The number of carbonyl (C=O) groups excluding carboxylic acids is 2. The number of pyridine rings is 1. The van der Waals surface area contributed by atoms with Crippen molar-refractivity contribution in [3.63, 3.8) is 0 Å². The third-order valence-electron chi connectivity index (χ3n) is 7.66. The van der Waals surface area contributed by atoms with Crippen molar-refractivity contribution >= 4 is 23.2 Å². The zero-order valence-corrected chi connectivity index (χ0v) is 23.1. The van der Waals surface area contributed by atoms with Gasteiger partial charge in [0.2, 0.25) is 5.82 Å². The number of rotatable bonds is 5. The Balaban J connectivity index is 1.34. The highest BCUT2D eigenvalue weighted by atomic mass is 19.1. The van der Waals surface area contributed by atoms with E-state index in [1.54, 1.807) is 36.4 Å². The summed E-state index contributed by atoms with van der Waals surface area (Å²) in [6.45, 7) is 5.55. The molecule has 1 saturated heterocycles. The van der Waals surface area contributed by atoms with Gasteiger partial charge in [-0.1, -0.05) is 6.07 Å². The van der Waals surface area contributed by atoms with E-state index >= 15 is 0 Å². The van der Waals surface area contributed by atoms with E-state index in [0.717, 1.165) is 6.07 Å². The lowest BCUT2D eigenvalue weighted by Crippen LogP contribution is -2.44. The van der Waals surface area contributed by atoms with Gasteiger partial charge in [-0.25, -0.2) is 18.7 Å². The summed E-state index contributed by atoms with van der Waals surface area (Å²) in [5, 5.41) is 11.1. The van der Waals surface area contributed by atoms with Crippen molar-refractivity contribution in [3.8, 4) is 22.4 Å². The minimum absolute atomic E-state index is 0.122. The largest absolute Gasteiger partial charge is 0.383 e. The fraction of sp³-hybridized carbons (Fsp3) is 0.276. The number of fused-ring (bicyclic) bond motifs is 1. The lowest BCUT2D eigenvalue weighted by atomic mass is 9.86. The van der Waals surface area contributed by atoms with Gasteiger partial charge in [0, 0.05) is 47.5 Å². The molecule has 0 radical (unpaired) electrons. The molecule has 214 valence electrons. The molecule has 6 rings (SSSR count). The summed E-state index contributed by atoms with van der Waals surface area (Å²) in [5.41, 5.74) is 9.60. The highest BCUT2D eigenvalue weighted by molar-refractivity contribution is 6.00. The SMILES string of the molecule is CC(=O)c1c([C@@H]2CCN(C(=O)c3n[nH]c(C)n3)[C@@H](C)C2)nc2c(-c3ccc(-c4ccc(F)cc4F)nc3)cnn2c1N. The molecule has 0 bridgehead atoms. The molecule has 1 aromatic carbocycles. The highest BCUT2D eigenvalue weighted by Gasteiger charge is 2.35. The molecule has 1 amide bonds. The number of halogens is 2. The average molecular weight is 572 g/mol. The van der Waals surface area contributed by atoms with Crippen LogP contribution in [0.2, 0.25) is 0 Å². The Kier molecular flexibility index (Phi) is 6.71. The number of hydrogen-bond donors (Lipinski definition) is 2. The van der Waals surface area contributed by atoms with Gasteiger partial charge in [0.25, 0.3) is 5.91 Å². The van der Waals surface area contributed by atoms with Crippen molar-refractivity contribution in [2.24, 2.45) is 0 Å². The number of amides is 1. The summed E-state index contributed by atoms with van der Waals surface area (Å²) >= 11 is 0. The number of carbonyl (C=O) groups is 2. The molecular weight excluding hydrogens is 544 g/mol. The van der Waals surface area contributed by atoms with Gasteiger partial charge >= 0.3 is 0 Å². The van der Waals surface area contributed by atoms with Gasteiger partial charge in [-0.15, -0.1) is 5.10 Å². The predicted octanol–water partition coefficient (Wildman–Crippen LogP) is 4.36. The molecule has 13 heteroatoms. The minimum atomic E-state index is -0.709. The zero-order valence-electron chi connectivity index (χ0n) is 23.1. The lowest BCUT2D eigenvalue weighted by molar-refractivity contribution is 0.0601. The quantitative estimate of drug-likeness (QED) is 0.296. The summed E-state index contributed by atoms with van der Waals surface area (Å²) in [5.74, 6) is -1.15. The summed E-state index contributed by atoms with van der Waals surface area (Å²) in [4.78, 5) is 41.0. The fourth-order valence-electron chi connectivity index (χ4n) is 5.59. The van der Waals surface area contributed by atoms with Crippen LogP contribution in [0.1, 0.15) is 65.1 Å². The molecule has 2 atom stereocenters. The molecule has 3 N–H and O–H groups in total. The number of anilines is 1. The minimum Gasteiger partial charge on any atom is -0.383 e. The van der Waals surface area contributed by atoms with E-state index in [1.807, 2.05) is 6.92 Å². The summed E-state index contributed by atoms with van der Waals surface area (Å²) in [7, 11) is 0. The number of aromatic amines is 1. The second-order valence-electron chi connectivity index (χ2n) is 10.5. The number of nitrogens with zero attached hydrogens (tertiary/aromatic N) is 7. The first-order chi connectivity index (χ1) is 20.1. The lowest BCUT2D eigenvalue weighted by Gasteiger charge is -2.37. The van der Waals surface area contributed by atoms with Crippen molar-refractivity contribution in [1.82, 2.24) is 39.7 Å². The fourth-order valence-corrected chi connectivity index (χ4v) is 5.59. The molecule has 0 unspecified atom stereocenters. The van der Waals surface area contributed by atoms with E-state index in [1.165, 1.54) is 23.6 Å². The van der Waals surface area contributed by atoms with Crippen LogP contribution in [0.3, 0.4) is 0 Å². The average Bonchev–Trinajstić information content (AvgIpc) is 3.59. The van der Waals surface area contributed by atoms with Crippen LogP contribution in [0, 0.1) is 18.6 Å². The Morgan fingerprint density at radius 3 is 2.55 bits per heavy atom. The van der Waals surface area contributed by atoms with Crippen LogP contribution < -0.4 is 5.73 Å². The Hall–Kier alpha value is -5.07. The molecular formula is C29H27F2N9O2. The molecule has 5 heterocycles. The first kappa shape index (κ1) is 27.1. The second kappa shape index (κ2) is 10.4. The number of piperidine rings is 1. The summed E-state index contributed by atoms with van der Waals surface area (Å²) in [6, 6.07) is 6.54. The van der Waals surface area contributed by atoms with Crippen LogP contribution in [-0.4, -0.2) is 63.9 Å². The molecule has 5 aromatic rings. The summed E-state index contributed by atoms with van der Waals surface area (Å²) in [6.07, 6.45) is 4.26. The molecule has 0 aliphatic carbocycles. The molecule has 42 heavy (non-hydrogen) atoms. The van der Waals surface area contributed by atoms with Gasteiger partial charge in [0.15, 0.2) is 11.4 Å². The van der Waals surface area contributed by atoms with Gasteiger partial charge < -0.3 is 10.6 Å². The standard InChI is InChI=1S/C29H27F2N9O2/c1-14-10-17(8-9-39(14)29(42)27-35-16(3)37-38-27)25-24(15(2)41)26(32)40-28(36-25)21(13-34-40)18-4-7-23(33-12-18)20-6-5-19(30)11-22(20)31/h4-7,11-14,17H,8-10,32H2,1-3H3,(H,35,37,38)/t14-,17+/m0/s1. The second-order valence-corrected chi connectivity index (χ2v) is 10.5. The molecule has 0 spiro atoms. The third-order valence-corrected chi connectivity index (χ3v) is 7.66. The number of hydrogen-bond acceptors (Lipinski definition) is 8. The number of ketones is 1. The topological polar surface area (TPSA) is 148 Å². The van der Waals surface area contributed by atoms with E-state index in [0.29, 0.717) is 58.9 Å². The van der Waals surface area contributed by atoms with E-state index in [2.05, 4.69) is 25.3 Å². The van der Waals surface area contributed by atoms with Crippen LogP contribution in [0.25, 0.3) is 28.0 Å². The zero-order chi connectivity index (χ0) is 29.7. The van der Waals surface area contributed by atoms with E-state index in [4.69, 9.17) is 10.7 Å². The number of likely N-dealkylation sites (tertiary alicyclic amines) is 1. The monoisotopic (exact) mass is 571 g/mol. The number of nitrogens with one attached hydrogen (secondary N) is 1. The molecule has 1 aliphatic rings. The smallest absolute Gasteiger partial charge is 0.293 e. The van der Waals surface area contributed by atoms with Crippen molar-refractivity contribution in [1.29, 1.82) is 0 Å². The van der Waals surface area contributed by atoms with Crippen LogP contribution in [0.5, 0.6) is 0 Å². The number of nitrogen functional groups attached to an aromatic ring is 1. The number of Topliss-reactive ketones (excluding diaryl/α,β-unsaturated/α-hetero) is 1. The maximum Gasteiger partial charge on any atom is 0.293 e. The Morgan fingerprint density at radius 1 is 1.10 bits per heavy atom. The Labute approximate surface area is 238 Å². The normalized spacial score (nSPS) is 17.1. The molecule has 4 aromatic heterocycles. The van der Waals surface area contributed by atoms with Crippen LogP contribution in [0.4, 0.5) is 14.6 Å². The molecule has 11 nitrogen and oxygen atoms in total. The summed E-state index contributed by atoms with van der Waals surface area (Å²) < 4.78 is 29.1. The van der Waals surface area contributed by atoms with E-state index in [9.17, 15) is 18.4 Å². The first-order valence-corrected chi connectivity index (χ1v) is 13.4. The van der Waals surface area contributed by atoms with Crippen LogP contribution in [0.15, 0.2) is 42.7 Å². The molecule has 0 saturated carbocycles. The van der Waals surface area contributed by atoms with Gasteiger partial charge in [0.05, 0.1) is 23.1 Å². The van der Waals surface area contributed by atoms with Crippen molar-refractivity contribution in [2.45, 2.75) is 45.6 Å². The van der Waals surface area contributed by atoms with Gasteiger partial charge in [0.1, 0.15) is 23.3 Å². The van der Waals surface area contributed by atoms with Crippen molar-refractivity contribution in [3.05, 3.63) is 77.3 Å². The molecule has 1 fully saturated rings. The van der Waals surface area contributed by atoms with Gasteiger partial charge in [-0.3, -0.25) is 19.7 Å². The third kappa shape index (κ3) is 4.66. The highest BCUT2D eigenvalue weighted by Crippen LogP contribution is 2.37. The number of aromatic nitrogens is 7. The maximum absolute atomic E-state index is 14.3. The number of aryl methyl sites for hydroxylation is 1. The number of benzene rings is 1. The van der Waals surface area contributed by atoms with E-state index < -0.39 is 11.6 Å². The maximum atomic E-state index is 14.3. The number of H-pyrrole nitrogens is 1. The Morgan fingerprint density at radius 2 is 1.90 bits per heavy atom. The Bertz CT molecular complexity index is 1850. The van der Waals surface area contributed by atoms with Gasteiger partial charge in [-0.05, 0) is 51.8 Å². The van der Waals surface area contributed by atoms with Crippen molar-refractivity contribution < 1.29 is 18.4 Å². The van der Waals surface area contributed by atoms with Gasteiger partial charge in [-0.2, -0.15) is 9.61 Å². The number of nitrogens with two attached hydrogens (primary N) is 1. The predicted molar refractivity (Wildman–Crippen MR) is 150 cm³/mol. The van der Waals surface area contributed by atoms with Crippen molar-refractivity contribution in [2.75, 3.05) is 12.3 Å². The van der Waals surface area contributed by atoms with E-state index in [-0.39, 0.29) is 40.9 Å². The first-order valence-electron chi connectivity index (χ1n) is 13.4. The molecule has 1 aliphatic heterocycles. The van der Waals surface area contributed by atoms with Crippen LogP contribution >= 0.6 is 0 Å². The van der Waals surface area contributed by atoms with Crippen LogP contribution in [-0.2, 0) is 0 Å².